The minimum absolute atomic E-state index is 0.720. The molecule has 1 unspecified atom stereocenters. The maximum Gasteiger partial charge on any atom is 0.115 e. The summed E-state index contributed by atoms with van der Waals surface area (Å²) in [5.74, 6) is 0.720. The second-order valence-corrected chi connectivity index (χ2v) is 6.50. The van der Waals surface area contributed by atoms with E-state index in [2.05, 4.69) is 57.2 Å². The normalized spacial score (nSPS) is 13.6. The van der Waals surface area contributed by atoms with Crippen molar-refractivity contribution < 1.29 is 0 Å². The molecule has 0 heterocycles. The van der Waals surface area contributed by atoms with Crippen LogP contribution in [0.3, 0.4) is 0 Å². The summed E-state index contributed by atoms with van der Waals surface area (Å²) in [6.07, 6.45) is 9.06. The molecule has 0 aliphatic rings. The highest BCUT2D eigenvalue weighted by atomic mass is 28.2. The van der Waals surface area contributed by atoms with Gasteiger partial charge in [-0.15, -0.1) is 0 Å². The standard InChI is InChI=1S/C17H26Si/c1-4-6-8-13-17(14-15(3)5-2)18-16-11-9-7-10-12-16/h7,9-12,14-15H,4-6,8,13H2,1-3H3/b17-14+. The Hall–Kier alpha value is -0.823. The molecule has 0 saturated carbocycles. The number of allylic oxidation sites excluding steroid dienone is 2. The van der Waals surface area contributed by atoms with Crippen LogP contribution in [0.2, 0.25) is 0 Å². The minimum atomic E-state index is 0.720. The fourth-order valence-electron chi connectivity index (χ4n) is 1.92. The molecular formula is C17H26Si. The van der Waals surface area contributed by atoms with Crippen molar-refractivity contribution in [3.05, 3.63) is 41.6 Å². The maximum atomic E-state index is 2.51. The Morgan fingerprint density at radius 1 is 1.17 bits per heavy atom. The Morgan fingerprint density at radius 3 is 2.50 bits per heavy atom. The first-order valence-electron chi connectivity index (χ1n) is 7.29. The van der Waals surface area contributed by atoms with E-state index in [1.807, 2.05) is 0 Å². The van der Waals surface area contributed by atoms with Crippen LogP contribution in [0.4, 0.5) is 0 Å². The molecule has 0 aromatic heterocycles. The number of rotatable bonds is 8. The van der Waals surface area contributed by atoms with E-state index in [9.17, 15) is 0 Å². The minimum Gasteiger partial charge on any atom is -0.0864 e. The van der Waals surface area contributed by atoms with Crippen LogP contribution >= 0.6 is 0 Å². The van der Waals surface area contributed by atoms with E-state index in [1.165, 1.54) is 37.3 Å². The Balaban J connectivity index is 2.62. The van der Waals surface area contributed by atoms with Crippen LogP contribution in [0.15, 0.2) is 41.6 Å². The third kappa shape index (κ3) is 6.20. The molecule has 0 bridgehead atoms. The third-order valence-corrected chi connectivity index (χ3v) is 4.62. The summed E-state index contributed by atoms with van der Waals surface area (Å²) in [5.41, 5.74) is 0. The summed E-state index contributed by atoms with van der Waals surface area (Å²) in [6.45, 7) is 6.88. The molecular weight excluding hydrogens is 232 g/mol. The summed E-state index contributed by atoms with van der Waals surface area (Å²) >= 11 is 0. The van der Waals surface area contributed by atoms with Crippen molar-refractivity contribution in [2.75, 3.05) is 0 Å². The lowest BCUT2D eigenvalue weighted by Gasteiger charge is -2.10. The van der Waals surface area contributed by atoms with Crippen molar-refractivity contribution in [2.45, 2.75) is 52.9 Å². The molecule has 18 heavy (non-hydrogen) atoms. The summed E-state index contributed by atoms with van der Waals surface area (Å²) in [5, 5.41) is 3.13. The van der Waals surface area contributed by atoms with Crippen LogP contribution < -0.4 is 5.19 Å². The van der Waals surface area contributed by atoms with Gasteiger partial charge in [0.25, 0.3) is 0 Å². The molecule has 1 aromatic carbocycles. The zero-order valence-corrected chi connectivity index (χ0v) is 13.1. The fourth-order valence-corrected chi connectivity index (χ4v) is 3.32. The van der Waals surface area contributed by atoms with Gasteiger partial charge in [0.1, 0.15) is 9.52 Å². The molecule has 1 rings (SSSR count). The first-order chi connectivity index (χ1) is 8.76. The van der Waals surface area contributed by atoms with E-state index < -0.39 is 0 Å². The molecule has 0 aliphatic heterocycles. The van der Waals surface area contributed by atoms with E-state index in [1.54, 1.807) is 5.20 Å². The van der Waals surface area contributed by atoms with Crippen molar-refractivity contribution in [3.63, 3.8) is 0 Å². The quantitative estimate of drug-likeness (QED) is 0.475. The highest BCUT2D eigenvalue weighted by molar-refractivity contribution is 6.60. The second-order valence-electron chi connectivity index (χ2n) is 5.03. The largest absolute Gasteiger partial charge is 0.115 e. The summed E-state index contributed by atoms with van der Waals surface area (Å²) in [4.78, 5) is 0. The van der Waals surface area contributed by atoms with Crippen molar-refractivity contribution in [2.24, 2.45) is 5.92 Å². The van der Waals surface area contributed by atoms with Gasteiger partial charge in [0, 0.05) is 0 Å². The lowest BCUT2D eigenvalue weighted by molar-refractivity contribution is 0.681. The Labute approximate surface area is 115 Å². The van der Waals surface area contributed by atoms with Gasteiger partial charge in [0.05, 0.1) is 0 Å². The lowest BCUT2D eigenvalue weighted by Crippen LogP contribution is -2.16. The van der Waals surface area contributed by atoms with E-state index in [0.29, 0.717) is 0 Å². The molecule has 2 radical (unpaired) electrons. The Kier molecular flexibility index (Phi) is 7.75. The van der Waals surface area contributed by atoms with E-state index >= 15 is 0 Å². The van der Waals surface area contributed by atoms with Gasteiger partial charge in [-0.2, -0.15) is 0 Å². The average molecular weight is 258 g/mol. The van der Waals surface area contributed by atoms with Crippen molar-refractivity contribution >= 4 is 14.7 Å². The summed E-state index contributed by atoms with van der Waals surface area (Å²) in [7, 11) is 0.864. The SMILES string of the molecule is CCCCC/C(=C\C(C)CC)[Si]c1ccccc1. The van der Waals surface area contributed by atoms with E-state index in [4.69, 9.17) is 0 Å². The van der Waals surface area contributed by atoms with Gasteiger partial charge in [-0.05, 0) is 18.8 Å². The van der Waals surface area contributed by atoms with Gasteiger partial charge in [-0.1, -0.05) is 86.8 Å². The van der Waals surface area contributed by atoms with Crippen molar-refractivity contribution in [3.8, 4) is 0 Å². The molecule has 1 heteroatoms. The number of hydrogen-bond acceptors (Lipinski definition) is 0. The van der Waals surface area contributed by atoms with E-state index in [0.717, 1.165) is 15.4 Å². The molecule has 0 aliphatic carbocycles. The molecule has 0 fully saturated rings. The highest BCUT2D eigenvalue weighted by Crippen LogP contribution is 2.13. The predicted octanol–water partition coefficient (Wildman–Crippen LogP) is 4.53. The predicted molar refractivity (Wildman–Crippen MR) is 83.5 cm³/mol. The average Bonchev–Trinajstić information content (AvgIpc) is 2.40. The zero-order chi connectivity index (χ0) is 13.2. The Bertz CT molecular complexity index is 340. The van der Waals surface area contributed by atoms with Gasteiger partial charge in [-0.3, -0.25) is 0 Å². The second kappa shape index (κ2) is 9.15. The molecule has 98 valence electrons. The highest BCUT2D eigenvalue weighted by Gasteiger charge is 2.04. The first-order valence-corrected chi connectivity index (χ1v) is 8.29. The smallest absolute Gasteiger partial charge is 0.0864 e. The molecule has 0 amide bonds. The van der Waals surface area contributed by atoms with Crippen LogP contribution in [-0.4, -0.2) is 9.52 Å². The Morgan fingerprint density at radius 2 is 1.89 bits per heavy atom. The van der Waals surface area contributed by atoms with Crippen LogP contribution in [-0.2, 0) is 0 Å². The lowest BCUT2D eigenvalue weighted by atomic mass is 10.1. The topological polar surface area (TPSA) is 0 Å². The van der Waals surface area contributed by atoms with Crippen LogP contribution in [0.25, 0.3) is 0 Å². The maximum absolute atomic E-state index is 2.51. The molecule has 0 nitrogen and oxygen atoms in total. The van der Waals surface area contributed by atoms with Gasteiger partial charge >= 0.3 is 0 Å². The fraction of sp³-hybridized carbons (Fsp3) is 0.529. The number of unbranched alkanes of at least 4 members (excludes halogenated alkanes) is 2. The van der Waals surface area contributed by atoms with Gasteiger partial charge in [-0.25, -0.2) is 0 Å². The third-order valence-electron chi connectivity index (χ3n) is 3.26. The van der Waals surface area contributed by atoms with Crippen LogP contribution in [0.5, 0.6) is 0 Å². The molecule has 0 N–H and O–H groups in total. The monoisotopic (exact) mass is 258 g/mol. The number of hydrogen-bond donors (Lipinski definition) is 0. The molecule has 1 aromatic rings. The van der Waals surface area contributed by atoms with Crippen molar-refractivity contribution in [1.29, 1.82) is 0 Å². The summed E-state index contributed by atoms with van der Waals surface area (Å²) < 4.78 is 0. The molecule has 0 spiro atoms. The van der Waals surface area contributed by atoms with Gasteiger partial charge in [0.2, 0.25) is 0 Å². The van der Waals surface area contributed by atoms with Crippen LogP contribution in [0.1, 0.15) is 52.9 Å². The summed E-state index contributed by atoms with van der Waals surface area (Å²) in [6, 6.07) is 10.9. The van der Waals surface area contributed by atoms with Crippen LogP contribution in [0, 0.1) is 5.92 Å². The van der Waals surface area contributed by atoms with E-state index in [-0.39, 0.29) is 0 Å². The first kappa shape index (κ1) is 15.2. The van der Waals surface area contributed by atoms with Gasteiger partial charge < -0.3 is 0 Å². The zero-order valence-electron chi connectivity index (χ0n) is 12.1. The van der Waals surface area contributed by atoms with Crippen molar-refractivity contribution in [1.82, 2.24) is 0 Å². The molecule has 0 saturated heterocycles. The number of benzene rings is 1. The molecule has 1 atom stereocenters. The van der Waals surface area contributed by atoms with Gasteiger partial charge in [0.15, 0.2) is 0 Å².